The molecule has 3 N–H and O–H groups in total. The number of nitrogens with one attached hydrogen (secondary N) is 1. The van der Waals surface area contributed by atoms with E-state index in [1.54, 1.807) is 11.8 Å². The van der Waals surface area contributed by atoms with Crippen molar-refractivity contribution in [2.75, 3.05) is 30.4 Å². The van der Waals surface area contributed by atoms with Gasteiger partial charge in [-0.2, -0.15) is 5.26 Å². The van der Waals surface area contributed by atoms with Crippen LogP contribution in [-0.2, 0) is 0 Å². The summed E-state index contributed by atoms with van der Waals surface area (Å²) in [7, 11) is 0. The van der Waals surface area contributed by atoms with Gasteiger partial charge < -0.3 is 11.1 Å². The smallest absolute Gasteiger partial charge is 0.131 e. The molecule has 0 aliphatic carbocycles. The van der Waals surface area contributed by atoms with E-state index < -0.39 is 0 Å². The zero-order valence-corrected chi connectivity index (χ0v) is 14.5. The van der Waals surface area contributed by atoms with Crippen molar-refractivity contribution in [3.63, 3.8) is 0 Å². The summed E-state index contributed by atoms with van der Waals surface area (Å²) >= 11 is 3.03. The molecule has 0 fully saturated rings. The van der Waals surface area contributed by atoms with Gasteiger partial charge in [-0.25, -0.2) is 0 Å². The molecule has 0 saturated heterocycles. The van der Waals surface area contributed by atoms with E-state index in [1.165, 1.54) is 11.3 Å². The van der Waals surface area contributed by atoms with E-state index in [2.05, 4.69) is 44.0 Å². The minimum absolute atomic E-state index is 0.528. The Hall–Kier alpha value is -0.900. The molecule has 1 aromatic heterocycles. The van der Waals surface area contributed by atoms with Crippen molar-refractivity contribution in [1.29, 1.82) is 5.26 Å². The molecule has 6 heteroatoms. The SMILES string of the molecule is CSc1c(NCCN(C(C)C)C(C)C)sc(C#N)c1N. The lowest BCUT2D eigenvalue weighted by molar-refractivity contribution is 0.182. The van der Waals surface area contributed by atoms with Gasteiger partial charge in [0.05, 0.1) is 10.6 Å². The number of nitrogens with zero attached hydrogens (tertiary/aromatic N) is 2. The second kappa shape index (κ2) is 7.77. The van der Waals surface area contributed by atoms with Crippen LogP contribution in [0.5, 0.6) is 0 Å². The molecule has 4 nitrogen and oxygen atoms in total. The van der Waals surface area contributed by atoms with Gasteiger partial charge in [0, 0.05) is 25.2 Å². The number of anilines is 2. The van der Waals surface area contributed by atoms with E-state index in [1.807, 2.05) is 6.26 Å². The number of hydrogen-bond acceptors (Lipinski definition) is 6. The molecule has 20 heavy (non-hydrogen) atoms. The van der Waals surface area contributed by atoms with Crippen LogP contribution in [0.3, 0.4) is 0 Å². The number of rotatable bonds is 7. The first-order valence-corrected chi connectivity index (χ1v) is 8.82. The van der Waals surface area contributed by atoms with Crippen molar-refractivity contribution < 1.29 is 0 Å². The van der Waals surface area contributed by atoms with Gasteiger partial charge in [0.15, 0.2) is 0 Å². The van der Waals surface area contributed by atoms with Crippen LogP contribution in [0.25, 0.3) is 0 Å². The summed E-state index contributed by atoms with van der Waals surface area (Å²) in [5.74, 6) is 0. The van der Waals surface area contributed by atoms with E-state index in [0.717, 1.165) is 23.0 Å². The maximum absolute atomic E-state index is 9.05. The van der Waals surface area contributed by atoms with Crippen LogP contribution in [0.15, 0.2) is 4.90 Å². The molecule has 1 rings (SSSR count). The third-order valence-electron chi connectivity index (χ3n) is 3.19. The van der Waals surface area contributed by atoms with Gasteiger partial charge in [-0.05, 0) is 34.0 Å². The predicted octanol–water partition coefficient (Wildman–Crippen LogP) is 3.45. The topological polar surface area (TPSA) is 65.1 Å². The maximum atomic E-state index is 9.05. The van der Waals surface area contributed by atoms with Crippen molar-refractivity contribution in [3.05, 3.63) is 4.88 Å². The summed E-state index contributed by atoms with van der Waals surface area (Å²) in [5.41, 5.74) is 6.58. The fraction of sp³-hybridized carbons (Fsp3) is 0.643. The molecular weight excluding hydrogens is 288 g/mol. The molecule has 112 valence electrons. The molecule has 0 unspecified atom stereocenters. The zero-order valence-electron chi connectivity index (χ0n) is 12.9. The Morgan fingerprint density at radius 3 is 2.40 bits per heavy atom. The van der Waals surface area contributed by atoms with Crippen molar-refractivity contribution in [1.82, 2.24) is 4.90 Å². The number of hydrogen-bond donors (Lipinski definition) is 2. The fourth-order valence-corrected chi connectivity index (χ4v) is 4.10. The highest BCUT2D eigenvalue weighted by molar-refractivity contribution is 7.99. The molecule has 0 aliphatic heterocycles. The largest absolute Gasteiger partial charge is 0.396 e. The molecule has 0 aromatic carbocycles. The molecular formula is C14H24N4S2. The first-order chi connectivity index (χ1) is 9.42. The fourth-order valence-electron chi connectivity index (χ4n) is 2.24. The van der Waals surface area contributed by atoms with Gasteiger partial charge >= 0.3 is 0 Å². The molecule has 0 bridgehead atoms. The quantitative estimate of drug-likeness (QED) is 0.755. The van der Waals surface area contributed by atoms with E-state index >= 15 is 0 Å². The number of thioether (sulfide) groups is 1. The molecule has 0 radical (unpaired) electrons. The second-order valence-electron chi connectivity index (χ2n) is 5.17. The molecule has 0 atom stereocenters. The Labute approximate surface area is 130 Å². The minimum Gasteiger partial charge on any atom is -0.396 e. The van der Waals surface area contributed by atoms with E-state index in [4.69, 9.17) is 11.0 Å². The second-order valence-corrected chi connectivity index (χ2v) is 7.01. The molecule has 0 amide bonds. The molecule has 1 aromatic rings. The van der Waals surface area contributed by atoms with Gasteiger partial charge in [-0.1, -0.05) is 0 Å². The van der Waals surface area contributed by atoms with Crippen molar-refractivity contribution >= 4 is 33.8 Å². The van der Waals surface area contributed by atoms with Crippen LogP contribution < -0.4 is 11.1 Å². The van der Waals surface area contributed by atoms with Gasteiger partial charge in [-0.15, -0.1) is 23.1 Å². The number of nitriles is 1. The van der Waals surface area contributed by atoms with Crippen LogP contribution >= 0.6 is 23.1 Å². The van der Waals surface area contributed by atoms with Gasteiger partial charge in [0.25, 0.3) is 0 Å². The van der Waals surface area contributed by atoms with Crippen LogP contribution in [0, 0.1) is 11.3 Å². The predicted molar refractivity (Wildman–Crippen MR) is 90.7 cm³/mol. The van der Waals surface area contributed by atoms with Crippen LogP contribution in [-0.4, -0.2) is 36.3 Å². The lowest BCUT2D eigenvalue weighted by atomic mass is 10.2. The van der Waals surface area contributed by atoms with E-state index in [0.29, 0.717) is 22.6 Å². The molecule has 0 aliphatic rings. The summed E-state index contributed by atoms with van der Waals surface area (Å²) in [6, 6.07) is 3.21. The first kappa shape index (κ1) is 17.2. The molecule has 0 saturated carbocycles. The maximum Gasteiger partial charge on any atom is 0.131 e. The van der Waals surface area contributed by atoms with Crippen molar-refractivity contribution in [2.24, 2.45) is 0 Å². The molecule has 1 heterocycles. The first-order valence-electron chi connectivity index (χ1n) is 6.78. The van der Waals surface area contributed by atoms with Crippen LogP contribution in [0.4, 0.5) is 10.7 Å². The number of nitrogen functional groups attached to an aromatic ring is 1. The molecule has 0 spiro atoms. The Balaban J connectivity index is 2.69. The van der Waals surface area contributed by atoms with Gasteiger partial charge in [0.1, 0.15) is 15.9 Å². The Morgan fingerprint density at radius 2 is 1.95 bits per heavy atom. The third kappa shape index (κ3) is 4.05. The normalized spacial score (nSPS) is 11.3. The lowest BCUT2D eigenvalue weighted by Gasteiger charge is -2.30. The monoisotopic (exact) mass is 312 g/mol. The van der Waals surface area contributed by atoms with E-state index in [9.17, 15) is 0 Å². The highest BCUT2D eigenvalue weighted by atomic mass is 32.2. The van der Waals surface area contributed by atoms with Gasteiger partial charge in [-0.3, -0.25) is 4.90 Å². The summed E-state index contributed by atoms with van der Waals surface area (Å²) in [5, 5.41) is 13.5. The Kier molecular flexibility index (Phi) is 6.66. The average Bonchev–Trinajstić information content (AvgIpc) is 2.69. The summed E-state index contributed by atoms with van der Waals surface area (Å²) in [6.07, 6.45) is 1.99. The lowest BCUT2D eigenvalue weighted by Crippen LogP contribution is -2.40. The van der Waals surface area contributed by atoms with Gasteiger partial charge in [0.2, 0.25) is 0 Å². The minimum atomic E-state index is 0.528. The third-order valence-corrected chi connectivity index (χ3v) is 5.22. The Bertz CT molecular complexity index is 466. The summed E-state index contributed by atoms with van der Waals surface area (Å²) in [6.45, 7) is 10.7. The highest BCUT2D eigenvalue weighted by Crippen LogP contribution is 2.41. The summed E-state index contributed by atoms with van der Waals surface area (Å²) < 4.78 is 0. The highest BCUT2D eigenvalue weighted by Gasteiger charge is 2.16. The number of nitrogens with two attached hydrogens (primary N) is 1. The van der Waals surface area contributed by atoms with Crippen LogP contribution in [0.2, 0.25) is 0 Å². The number of thiophene rings is 1. The zero-order chi connectivity index (χ0) is 15.3. The standard InChI is InChI=1S/C14H24N4S2/c1-9(2)18(10(3)4)7-6-17-14-13(19-5)12(16)11(8-15)20-14/h9-10,17H,6-7,16H2,1-5H3. The van der Waals surface area contributed by atoms with Crippen LogP contribution in [0.1, 0.15) is 32.6 Å². The summed E-state index contributed by atoms with van der Waals surface area (Å²) in [4.78, 5) is 4.03. The van der Waals surface area contributed by atoms with Crippen molar-refractivity contribution in [3.8, 4) is 6.07 Å². The van der Waals surface area contributed by atoms with Crippen molar-refractivity contribution in [2.45, 2.75) is 44.7 Å². The van der Waals surface area contributed by atoms with E-state index in [-0.39, 0.29) is 0 Å². The average molecular weight is 313 g/mol. The Morgan fingerprint density at radius 1 is 1.35 bits per heavy atom.